The summed E-state index contributed by atoms with van der Waals surface area (Å²) in [7, 11) is 1.76. The molecular formula is C17H22N6O2. The Bertz CT molecular complexity index is 735. The van der Waals surface area contributed by atoms with Gasteiger partial charge in [0.05, 0.1) is 18.5 Å². The number of nitrogens with zero attached hydrogens (tertiary/aromatic N) is 5. The van der Waals surface area contributed by atoms with Crippen molar-refractivity contribution in [1.82, 2.24) is 25.1 Å². The monoisotopic (exact) mass is 342 g/mol. The third-order valence-corrected chi connectivity index (χ3v) is 4.07. The molecule has 2 aromatic rings. The molecule has 0 aromatic carbocycles. The predicted molar refractivity (Wildman–Crippen MR) is 93.2 cm³/mol. The van der Waals surface area contributed by atoms with E-state index in [1.54, 1.807) is 30.3 Å². The first-order chi connectivity index (χ1) is 12.2. The molecule has 0 spiro atoms. The van der Waals surface area contributed by atoms with Crippen LogP contribution < -0.4 is 5.32 Å². The Morgan fingerprint density at radius 2 is 2.04 bits per heavy atom. The number of aryl methyl sites for hydroxylation is 1. The fourth-order valence-corrected chi connectivity index (χ4v) is 2.78. The van der Waals surface area contributed by atoms with Crippen LogP contribution in [0.25, 0.3) is 0 Å². The zero-order valence-corrected chi connectivity index (χ0v) is 14.5. The fraction of sp³-hybridized carbons (Fsp3) is 0.412. The molecular weight excluding hydrogens is 320 g/mol. The van der Waals surface area contributed by atoms with Crippen LogP contribution in [0, 0.1) is 6.92 Å². The van der Waals surface area contributed by atoms with E-state index in [-0.39, 0.29) is 5.91 Å². The normalized spacial score (nSPS) is 15.4. The quantitative estimate of drug-likeness (QED) is 0.659. The van der Waals surface area contributed by atoms with E-state index in [2.05, 4.69) is 25.2 Å². The average molecular weight is 342 g/mol. The lowest BCUT2D eigenvalue weighted by Crippen LogP contribution is -2.53. The van der Waals surface area contributed by atoms with Crippen molar-refractivity contribution < 1.29 is 9.21 Å². The highest BCUT2D eigenvalue weighted by molar-refractivity contribution is 5.91. The highest BCUT2D eigenvalue weighted by atomic mass is 16.3. The highest BCUT2D eigenvalue weighted by Crippen LogP contribution is 2.09. The summed E-state index contributed by atoms with van der Waals surface area (Å²) in [5, 5.41) is 3.32. The fourth-order valence-electron chi connectivity index (χ4n) is 2.78. The minimum absolute atomic E-state index is 0.0657. The SMILES string of the molecule is CN=C(NCc1ccnc(C)n1)N1CCN(C(=O)c2ccco2)CC1. The van der Waals surface area contributed by atoms with Gasteiger partial charge in [0.1, 0.15) is 5.82 Å². The van der Waals surface area contributed by atoms with Crippen LogP contribution >= 0.6 is 0 Å². The number of piperazine rings is 1. The first kappa shape index (κ1) is 16.9. The number of carbonyl (C=O) groups excluding carboxylic acids is 1. The number of hydrogen-bond acceptors (Lipinski definition) is 5. The van der Waals surface area contributed by atoms with E-state index >= 15 is 0 Å². The topological polar surface area (TPSA) is 86.9 Å². The van der Waals surface area contributed by atoms with Crippen molar-refractivity contribution in [2.45, 2.75) is 13.5 Å². The predicted octanol–water partition coefficient (Wildman–Crippen LogP) is 0.911. The molecule has 132 valence electrons. The molecule has 1 aliphatic rings. The van der Waals surface area contributed by atoms with Gasteiger partial charge >= 0.3 is 0 Å². The van der Waals surface area contributed by atoms with Gasteiger partial charge in [-0.15, -0.1) is 0 Å². The van der Waals surface area contributed by atoms with Crippen LogP contribution in [0.3, 0.4) is 0 Å². The van der Waals surface area contributed by atoms with Crippen molar-refractivity contribution in [2.75, 3.05) is 33.2 Å². The van der Waals surface area contributed by atoms with Crippen LogP contribution in [0.15, 0.2) is 40.1 Å². The Labute approximate surface area is 146 Å². The molecule has 0 atom stereocenters. The summed E-state index contributed by atoms with van der Waals surface area (Å²) in [6.45, 7) is 5.15. The Morgan fingerprint density at radius 1 is 1.28 bits per heavy atom. The van der Waals surface area contributed by atoms with Crippen molar-refractivity contribution in [3.8, 4) is 0 Å². The largest absolute Gasteiger partial charge is 0.459 e. The minimum Gasteiger partial charge on any atom is -0.459 e. The number of guanidine groups is 1. The van der Waals surface area contributed by atoms with Crippen LogP contribution in [0.4, 0.5) is 0 Å². The smallest absolute Gasteiger partial charge is 0.289 e. The standard InChI is InChI=1S/C17H22N6O2/c1-13-19-6-5-14(21-13)12-20-17(18-2)23-9-7-22(8-10-23)16(24)15-4-3-11-25-15/h3-6,11H,7-10,12H2,1-2H3,(H,18,20). The van der Waals surface area contributed by atoms with Crippen LogP contribution in [-0.4, -0.2) is 64.9 Å². The Kier molecular flexibility index (Phi) is 5.27. The molecule has 0 radical (unpaired) electrons. The van der Waals surface area contributed by atoms with Crippen LogP contribution in [0.1, 0.15) is 22.1 Å². The summed E-state index contributed by atoms with van der Waals surface area (Å²) >= 11 is 0. The molecule has 1 saturated heterocycles. The maximum Gasteiger partial charge on any atom is 0.289 e. The second-order valence-electron chi connectivity index (χ2n) is 5.75. The minimum atomic E-state index is -0.0657. The van der Waals surface area contributed by atoms with Crippen molar-refractivity contribution in [3.05, 3.63) is 47.9 Å². The van der Waals surface area contributed by atoms with Gasteiger partial charge in [0.2, 0.25) is 0 Å². The third-order valence-electron chi connectivity index (χ3n) is 4.07. The Hall–Kier alpha value is -2.90. The molecule has 0 aliphatic carbocycles. The number of rotatable bonds is 3. The van der Waals surface area contributed by atoms with E-state index in [9.17, 15) is 4.79 Å². The van der Waals surface area contributed by atoms with E-state index in [1.807, 2.05) is 13.0 Å². The van der Waals surface area contributed by atoms with Gasteiger partial charge in [0.25, 0.3) is 5.91 Å². The number of aliphatic imine (C=N–C) groups is 1. The lowest BCUT2D eigenvalue weighted by Gasteiger charge is -2.36. The van der Waals surface area contributed by atoms with E-state index in [4.69, 9.17) is 4.42 Å². The van der Waals surface area contributed by atoms with Gasteiger partial charge in [0.15, 0.2) is 11.7 Å². The van der Waals surface area contributed by atoms with Crippen molar-refractivity contribution in [3.63, 3.8) is 0 Å². The van der Waals surface area contributed by atoms with Crippen LogP contribution in [0.2, 0.25) is 0 Å². The van der Waals surface area contributed by atoms with Crippen LogP contribution in [-0.2, 0) is 6.54 Å². The van der Waals surface area contributed by atoms with E-state index in [0.29, 0.717) is 25.4 Å². The molecule has 0 saturated carbocycles. The van der Waals surface area contributed by atoms with Gasteiger partial charge in [-0.3, -0.25) is 9.79 Å². The summed E-state index contributed by atoms with van der Waals surface area (Å²) in [5.74, 6) is 1.87. The van der Waals surface area contributed by atoms with E-state index in [1.165, 1.54) is 6.26 Å². The van der Waals surface area contributed by atoms with Gasteiger partial charge in [-0.2, -0.15) is 0 Å². The molecule has 25 heavy (non-hydrogen) atoms. The zero-order valence-electron chi connectivity index (χ0n) is 14.5. The first-order valence-electron chi connectivity index (χ1n) is 8.24. The summed E-state index contributed by atoms with van der Waals surface area (Å²) in [6, 6.07) is 5.30. The molecule has 0 bridgehead atoms. The molecule has 1 fully saturated rings. The summed E-state index contributed by atoms with van der Waals surface area (Å²) in [5.41, 5.74) is 0.917. The molecule has 1 N–H and O–H groups in total. The number of amides is 1. The molecule has 8 nitrogen and oxygen atoms in total. The summed E-state index contributed by atoms with van der Waals surface area (Å²) in [4.78, 5) is 29.1. The maximum absolute atomic E-state index is 12.3. The van der Waals surface area contributed by atoms with Crippen molar-refractivity contribution in [2.24, 2.45) is 4.99 Å². The second-order valence-corrected chi connectivity index (χ2v) is 5.75. The molecule has 0 unspecified atom stereocenters. The zero-order chi connectivity index (χ0) is 17.6. The Balaban J connectivity index is 1.53. The number of furan rings is 1. The highest BCUT2D eigenvalue weighted by Gasteiger charge is 2.25. The molecule has 3 heterocycles. The van der Waals surface area contributed by atoms with Crippen molar-refractivity contribution in [1.29, 1.82) is 0 Å². The van der Waals surface area contributed by atoms with Crippen LogP contribution in [0.5, 0.6) is 0 Å². The maximum atomic E-state index is 12.3. The first-order valence-corrected chi connectivity index (χ1v) is 8.24. The summed E-state index contributed by atoms with van der Waals surface area (Å²) in [6.07, 6.45) is 3.27. The van der Waals surface area contributed by atoms with Gasteiger partial charge < -0.3 is 19.5 Å². The van der Waals surface area contributed by atoms with E-state index in [0.717, 1.165) is 30.6 Å². The lowest BCUT2D eigenvalue weighted by molar-refractivity contribution is 0.0657. The molecule has 3 rings (SSSR count). The number of aromatic nitrogens is 2. The average Bonchev–Trinajstić information content (AvgIpc) is 3.17. The Morgan fingerprint density at radius 3 is 2.68 bits per heavy atom. The number of nitrogens with one attached hydrogen (secondary N) is 1. The van der Waals surface area contributed by atoms with Gasteiger partial charge in [0, 0.05) is 39.4 Å². The van der Waals surface area contributed by atoms with E-state index < -0.39 is 0 Å². The number of hydrogen-bond donors (Lipinski definition) is 1. The van der Waals surface area contributed by atoms with Gasteiger partial charge in [-0.05, 0) is 25.1 Å². The molecule has 1 amide bonds. The van der Waals surface area contributed by atoms with Gasteiger partial charge in [-0.1, -0.05) is 0 Å². The molecule has 8 heteroatoms. The van der Waals surface area contributed by atoms with Gasteiger partial charge in [-0.25, -0.2) is 9.97 Å². The summed E-state index contributed by atoms with van der Waals surface area (Å²) < 4.78 is 5.19. The lowest BCUT2D eigenvalue weighted by atomic mass is 10.3. The number of carbonyl (C=O) groups is 1. The molecule has 2 aromatic heterocycles. The third kappa shape index (κ3) is 4.14. The second kappa shape index (κ2) is 7.78. The van der Waals surface area contributed by atoms with Crippen molar-refractivity contribution >= 4 is 11.9 Å². The molecule has 1 aliphatic heterocycles.